The Labute approximate surface area is 179 Å². The van der Waals surface area contributed by atoms with E-state index in [1.54, 1.807) is 12.1 Å². The number of piperidine rings is 1. The van der Waals surface area contributed by atoms with Crippen molar-refractivity contribution in [2.45, 2.75) is 25.3 Å². The summed E-state index contributed by atoms with van der Waals surface area (Å²) < 4.78 is 13.2. The molecule has 0 aliphatic carbocycles. The fourth-order valence-electron chi connectivity index (χ4n) is 4.28. The number of H-pyrrole nitrogens is 2. The second-order valence-electron chi connectivity index (χ2n) is 8.04. The number of amides is 1. The van der Waals surface area contributed by atoms with E-state index in [-0.39, 0.29) is 17.8 Å². The number of aromatic nitrogens is 3. The summed E-state index contributed by atoms with van der Waals surface area (Å²) in [6.45, 7) is 1.61. The molecule has 1 unspecified atom stereocenters. The first-order valence-electron chi connectivity index (χ1n) is 10.6. The molecule has 1 saturated heterocycles. The van der Waals surface area contributed by atoms with Crippen LogP contribution in [0.25, 0.3) is 22.2 Å². The van der Waals surface area contributed by atoms with Crippen molar-refractivity contribution in [2.24, 2.45) is 0 Å². The molecule has 1 atom stereocenters. The molecule has 31 heavy (non-hydrogen) atoms. The summed E-state index contributed by atoms with van der Waals surface area (Å²) in [4.78, 5) is 18.1. The van der Waals surface area contributed by atoms with Gasteiger partial charge in [0, 0.05) is 42.3 Å². The highest BCUT2D eigenvalue weighted by atomic mass is 19.1. The van der Waals surface area contributed by atoms with Gasteiger partial charge in [0.05, 0.1) is 12.1 Å². The lowest BCUT2D eigenvalue weighted by atomic mass is 10.0. The van der Waals surface area contributed by atoms with Crippen LogP contribution in [0.5, 0.6) is 0 Å². The number of carbonyl (C=O) groups is 1. The van der Waals surface area contributed by atoms with Gasteiger partial charge >= 0.3 is 0 Å². The van der Waals surface area contributed by atoms with Crippen LogP contribution in [0.4, 0.5) is 10.2 Å². The highest BCUT2D eigenvalue weighted by Gasteiger charge is 2.23. The Balaban J connectivity index is 1.22. The highest BCUT2D eigenvalue weighted by molar-refractivity contribution is 5.89. The number of carbonyl (C=O) groups excluding carboxylic acids is 1. The minimum atomic E-state index is -0.259. The van der Waals surface area contributed by atoms with Gasteiger partial charge in [0.15, 0.2) is 5.82 Å². The van der Waals surface area contributed by atoms with Gasteiger partial charge in [-0.05, 0) is 54.3 Å². The number of nitrogens with zero attached hydrogens (tertiary/aromatic N) is 2. The van der Waals surface area contributed by atoms with E-state index in [4.69, 9.17) is 0 Å². The first-order valence-corrected chi connectivity index (χ1v) is 10.6. The molecule has 0 spiro atoms. The standard InChI is InChI=1S/C24H24FN5O/c25-18-9-7-16(8-10-18)22-13-23(29-28-22)30-11-3-4-19(15-30)27-24(31)12-17-14-26-21-6-2-1-5-20(17)21/h1-2,5-10,13-14,19,26H,3-4,11-12,15H2,(H,27,31)(H,28,29). The highest BCUT2D eigenvalue weighted by Crippen LogP contribution is 2.24. The van der Waals surface area contributed by atoms with Crippen LogP contribution in [0.3, 0.4) is 0 Å². The van der Waals surface area contributed by atoms with Crippen molar-refractivity contribution in [2.75, 3.05) is 18.0 Å². The predicted octanol–water partition coefficient (Wildman–Crippen LogP) is 4.02. The Kier molecular flexibility index (Phi) is 5.16. The molecular weight excluding hydrogens is 393 g/mol. The molecule has 3 N–H and O–H groups in total. The number of anilines is 1. The van der Waals surface area contributed by atoms with E-state index >= 15 is 0 Å². The van der Waals surface area contributed by atoms with Gasteiger partial charge in [0.1, 0.15) is 5.82 Å². The molecule has 1 aliphatic rings. The van der Waals surface area contributed by atoms with Gasteiger partial charge in [-0.2, -0.15) is 5.10 Å². The first kappa shape index (κ1) is 19.4. The Hall–Kier alpha value is -3.61. The van der Waals surface area contributed by atoms with Crippen LogP contribution in [0, 0.1) is 5.82 Å². The number of rotatable bonds is 5. The number of aromatic amines is 2. The second kappa shape index (κ2) is 8.26. The summed E-state index contributed by atoms with van der Waals surface area (Å²) in [5.74, 6) is 0.617. The molecule has 0 bridgehead atoms. The Morgan fingerprint density at radius 3 is 2.90 bits per heavy atom. The number of benzene rings is 2. The summed E-state index contributed by atoms with van der Waals surface area (Å²) in [6.07, 6.45) is 4.21. The van der Waals surface area contributed by atoms with Gasteiger partial charge in [-0.15, -0.1) is 0 Å². The molecule has 7 heteroatoms. The summed E-state index contributed by atoms with van der Waals surface area (Å²) in [5.41, 5.74) is 3.79. The maximum Gasteiger partial charge on any atom is 0.224 e. The van der Waals surface area contributed by atoms with E-state index in [0.717, 1.165) is 52.9 Å². The molecule has 6 nitrogen and oxygen atoms in total. The maximum atomic E-state index is 13.2. The van der Waals surface area contributed by atoms with Gasteiger partial charge < -0.3 is 15.2 Å². The Bertz CT molecular complexity index is 1200. The molecule has 4 aromatic rings. The maximum absolute atomic E-state index is 13.2. The summed E-state index contributed by atoms with van der Waals surface area (Å²) >= 11 is 0. The lowest BCUT2D eigenvalue weighted by Crippen LogP contribution is -2.48. The number of fused-ring (bicyclic) bond motifs is 1. The molecule has 5 rings (SSSR count). The molecule has 2 aromatic carbocycles. The third-order valence-electron chi connectivity index (χ3n) is 5.86. The molecule has 1 aliphatic heterocycles. The summed E-state index contributed by atoms with van der Waals surface area (Å²) in [5, 5.41) is 11.8. The van der Waals surface area contributed by atoms with Crippen LogP contribution in [-0.2, 0) is 11.2 Å². The van der Waals surface area contributed by atoms with Crippen LogP contribution in [-0.4, -0.2) is 40.2 Å². The van der Waals surface area contributed by atoms with Gasteiger partial charge in [-0.1, -0.05) is 18.2 Å². The zero-order valence-electron chi connectivity index (χ0n) is 17.1. The smallest absolute Gasteiger partial charge is 0.224 e. The SMILES string of the molecule is O=C(Cc1c[nH]c2ccccc12)NC1CCCN(c2cc(-c3ccc(F)cc3)[nH]n2)C1. The van der Waals surface area contributed by atoms with Crippen LogP contribution < -0.4 is 10.2 Å². The Morgan fingerprint density at radius 2 is 2.03 bits per heavy atom. The van der Waals surface area contributed by atoms with Crippen molar-refractivity contribution in [3.8, 4) is 11.3 Å². The molecule has 2 aromatic heterocycles. The van der Waals surface area contributed by atoms with Crippen molar-refractivity contribution >= 4 is 22.6 Å². The van der Waals surface area contributed by atoms with E-state index in [9.17, 15) is 9.18 Å². The molecule has 0 radical (unpaired) electrons. The monoisotopic (exact) mass is 417 g/mol. The zero-order valence-corrected chi connectivity index (χ0v) is 17.1. The molecular formula is C24H24FN5O. The van der Waals surface area contributed by atoms with Crippen molar-refractivity contribution in [3.05, 3.63) is 72.2 Å². The quantitative estimate of drug-likeness (QED) is 0.459. The number of halogens is 1. The van der Waals surface area contributed by atoms with E-state index < -0.39 is 0 Å². The summed E-state index contributed by atoms with van der Waals surface area (Å²) in [7, 11) is 0. The lowest BCUT2D eigenvalue weighted by molar-refractivity contribution is -0.121. The fraction of sp³-hybridized carbons (Fsp3) is 0.250. The van der Waals surface area contributed by atoms with Crippen molar-refractivity contribution in [3.63, 3.8) is 0 Å². The van der Waals surface area contributed by atoms with Gasteiger partial charge in [-0.25, -0.2) is 4.39 Å². The van der Waals surface area contributed by atoms with Crippen molar-refractivity contribution < 1.29 is 9.18 Å². The van der Waals surface area contributed by atoms with Gasteiger partial charge in [-0.3, -0.25) is 9.89 Å². The number of hydrogen-bond donors (Lipinski definition) is 3. The van der Waals surface area contributed by atoms with E-state index in [1.165, 1.54) is 12.1 Å². The average Bonchev–Trinajstić information content (AvgIpc) is 3.43. The first-order chi connectivity index (χ1) is 15.2. The largest absolute Gasteiger partial charge is 0.361 e. The number of para-hydroxylation sites is 1. The molecule has 0 saturated carbocycles. The fourth-order valence-corrected chi connectivity index (χ4v) is 4.28. The number of hydrogen-bond acceptors (Lipinski definition) is 3. The van der Waals surface area contributed by atoms with Crippen LogP contribution in [0.15, 0.2) is 60.8 Å². The third kappa shape index (κ3) is 4.17. The predicted molar refractivity (Wildman–Crippen MR) is 119 cm³/mol. The van der Waals surface area contributed by atoms with E-state index in [0.29, 0.717) is 13.0 Å². The molecule has 1 fully saturated rings. The van der Waals surface area contributed by atoms with Crippen LogP contribution in [0.2, 0.25) is 0 Å². The lowest BCUT2D eigenvalue weighted by Gasteiger charge is -2.33. The van der Waals surface area contributed by atoms with Gasteiger partial charge in [0.2, 0.25) is 5.91 Å². The van der Waals surface area contributed by atoms with Crippen LogP contribution in [0.1, 0.15) is 18.4 Å². The van der Waals surface area contributed by atoms with Gasteiger partial charge in [0.25, 0.3) is 0 Å². The average molecular weight is 417 g/mol. The molecule has 3 heterocycles. The molecule has 158 valence electrons. The minimum Gasteiger partial charge on any atom is -0.361 e. The molecule has 1 amide bonds. The minimum absolute atomic E-state index is 0.0330. The van der Waals surface area contributed by atoms with Crippen molar-refractivity contribution in [1.29, 1.82) is 0 Å². The second-order valence-corrected chi connectivity index (χ2v) is 8.04. The van der Waals surface area contributed by atoms with E-state index in [1.807, 2.05) is 36.5 Å². The van der Waals surface area contributed by atoms with Crippen LogP contribution >= 0.6 is 0 Å². The number of nitrogens with one attached hydrogen (secondary N) is 3. The normalized spacial score (nSPS) is 16.5. The van der Waals surface area contributed by atoms with E-state index in [2.05, 4.69) is 25.4 Å². The summed E-state index contributed by atoms with van der Waals surface area (Å²) in [6, 6.07) is 16.4. The topological polar surface area (TPSA) is 76.8 Å². The van der Waals surface area contributed by atoms with Crippen molar-refractivity contribution in [1.82, 2.24) is 20.5 Å². The Morgan fingerprint density at radius 1 is 1.19 bits per heavy atom. The third-order valence-corrected chi connectivity index (χ3v) is 5.86. The zero-order chi connectivity index (χ0) is 21.2.